The fraction of sp³-hybridized carbons (Fsp3) is 0.571. The van der Waals surface area contributed by atoms with Crippen LogP contribution in [0.25, 0.3) is 0 Å². The topological polar surface area (TPSA) is 26.0 Å². The van der Waals surface area contributed by atoms with Gasteiger partial charge in [0, 0.05) is 11.8 Å². The summed E-state index contributed by atoms with van der Waals surface area (Å²) in [5, 5.41) is 0. The van der Waals surface area contributed by atoms with Gasteiger partial charge >= 0.3 is 0 Å². The second-order valence-electron chi connectivity index (χ2n) is 4.25. The van der Waals surface area contributed by atoms with Gasteiger partial charge in [0.1, 0.15) is 0 Å². The van der Waals surface area contributed by atoms with Crippen molar-refractivity contribution in [3.63, 3.8) is 0 Å². The Morgan fingerprint density at radius 3 is 2.69 bits per heavy atom. The van der Waals surface area contributed by atoms with Crippen LogP contribution in [-0.2, 0) is 0 Å². The van der Waals surface area contributed by atoms with Crippen molar-refractivity contribution in [2.45, 2.75) is 39.2 Å². The van der Waals surface area contributed by atoms with Gasteiger partial charge in [0.05, 0.1) is 0 Å². The number of nitrogens with two attached hydrogens (primary N) is 1. The largest absolute Gasteiger partial charge is 0.323 e. The number of benzene rings is 1. The molecule has 0 amide bonds. The van der Waals surface area contributed by atoms with E-state index in [0.29, 0.717) is 0 Å². The van der Waals surface area contributed by atoms with Crippen LogP contribution in [0.1, 0.15) is 43.4 Å². The minimum absolute atomic E-state index is 0.188. The first kappa shape index (κ1) is 13.6. The standard InChI is InChI=1S/C14H23NS/c1-3-4-7-10-16-11-14(15)13-9-6-5-8-12(13)2/h5-6,8-9,14H,3-4,7,10-11,15H2,1-2H3. The lowest BCUT2D eigenvalue weighted by Crippen LogP contribution is -2.14. The van der Waals surface area contributed by atoms with E-state index in [2.05, 4.69) is 38.1 Å². The van der Waals surface area contributed by atoms with Crippen molar-refractivity contribution in [3.8, 4) is 0 Å². The molecular weight excluding hydrogens is 214 g/mol. The predicted octanol–water partition coefficient (Wildman–Crippen LogP) is 3.92. The summed E-state index contributed by atoms with van der Waals surface area (Å²) in [6, 6.07) is 8.61. The normalized spacial score (nSPS) is 12.7. The van der Waals surface area contributed by atoms with Crippen molar-refractivity contribution in [3.05, 3.63) is 35.4 Å². The maximum Gasteiger partial charge on any atom is 0.0389 e. The molecule has 90 valence electrons. The molecule has 0 aliphatic carbocycles. The van der Waals surface area contributed by atoms with Crippen LogP contribution in [0.3, 0.4) is 0 Å². The van der Waals surface area contributed by atoms with E-state index < -0.39 is 0 Å². The molecule has 0 bridgehead atoms. The highest BCUT2D eigenvalue weighted by molar-refractivity contribution is 7.99. The average Bonchev–Trinajstić information content (AvgIpc) is 2.29. The number of thioether (sulfide) groups is 1. The SMILES string of the molecule is CCCCCSCC(N)c1ccccc1C. The van der Waals surface area contributed by atoms with Crippen molar-refractivity contribution in [2.75, 3.05) is 11.5 Å². The summed E-state index contributed by atoms with van der Waals surface area (Å²) in [4.78, 5) is 0. The van der Waals surface area contributed by atoms with Crippen LogP contribution in [-0.4, -0.2) is 11.5 Å². The molecular formula is C14H23NS. The molecule has 1 unspecified atom stereocenters. The van der Waals surface area contributed by atoms with Crippen LogP contribution in [0.4, 0.5) is 0 Å². The molecule has 2 heteroatoms. The number of hydrogen-bond acceptors (Lipinski definition) is 2. The van der Waals surface area contributed by atoms with Gasteiger partial charge in [-0.15, -0.1) is 0 Å². The Balaban J connectivity index is 2.30. The molecule has 1 atom stereocenters. The number of hydrogen-bond donors (Lipinski definition) is 1. The van der Waals surface area contributed by atoms with Crippen LogP contribution in [0, 0.1) is 6.92 Å². The first-order valence-corrected chi connectivity index (χ1v) is 7.30. The fourth-order valence-electron chi connectivity index (χ4n) is 1.76. The molecule has 0 heterocycles. The monoisotopic (exact) mass is 237 g/mol. The summed E-state index contributed by atoms with van der Waals surface area (Å²) in [6.45, 7) is 4.38. The zero-order valence-corrected chi connectivity index (χ0v) is 11.2. The van der Waals surface area contributed by atoms with Crippen molar-refractivity contribution in [1.82, 2.24) is 0 Å². The Kier molecular flexibility index (Phi) is 6.58. The summed E-state index contributed by atoms with van der Waals surface area (Å²) >= 11 is 1.98. The lowest BCUT2D eigenvalue weighted by Gasteiger charge is -2.14. The quantitative estimate of drug-likeness (QED) is 0.727. The van der Waals surface area contributed by atoms with E-state index in [-0.39, 0.29) is 6.04 Å². The van der Waals surface area contributed by atoms with E-state index in [4.69, 9.17) is 5.73 Å². The molecule has 16 heavy (non-hydrogen) atoms. The van der Waals surface area contributed by atoms with Gasteiger partial charge in [0.2, 0.25) is 0 Å². The Bertz CT molecular complexity index is 299. The maximum atomic E-state index is 6.19. The van der Waals surface area contributed by atoms with Gasteiger partial charge in [-0.1, -0.05) is 44.0 Å². The zero-order valence-electron chi connectivity index (χ0n) is 10.4. The lowest BCUT2D eigenvalue weighted by atomic mass is 10.0. The van der Waals surface area contributed by atoms with Crippen LogP contribution < -0.4 is 5.73 Å². The molecule has 0 spiro atoms. The van der Waals surface area contributed by atoms with E-state index in [1.54, 1.807) is 0 Å². The van der Waals surface area contributed by atoms with Crippen molar-refractivity contribution in [2.24, 2.45) is 5.73 Å². The smallest absolute Gasteiger partial charge is 0.0389 e. The summed E-state index contributed by atoms with van der Waals surface area (Å²) in [6.07, 6.45) is 3.96. The van der Waals surface area contributed by atoms with Gasteiger partial charge in [0.25, 0.3) is 0 Å². The Hall–Kier alpha value is -0.470. The van der Waals surface area contributed by atoms with Crippen molar-refractivity contribution in [1.29, 1.82) is 0 Å². The summed E-state index contributed by atoms with van der Waals surface area (Å²) in [7, 11) is 0. The van der Waals surface area contributed by atoms with E-state index in [9.17, 15) is 0 Å². The van der Waals surface area contributed by atoms with E-state index >= 15 is 0 Å². The Morgan fingerprint density at radius 1 is 1.25 bits per heavy atom. The van der Waals surface area contributed by atoms with Crippen LogP contribution in [0.5, 0.6) is 0 Å². The number of rotatable bonds is 7. The fourth-order valence-corrected chi connectivity index (χ4v) is 2.77. The van der Waals surface area contributed by atoms with Crippen molar-refractivity contribution >= 4 is 11.8 Å². The highest BCUT2D eigenvalue weighted by Crippen LogP contribution is 2.20. The Labute approximate surface area is 104 Å². The highest BCUT2D eigenvalue weighted by atomic mass is 32.2. The molecule has 1 aromatic carbocycles. The minimum atomic E-state index is 0.188. The molecule has 0 radical (unpaired) electrons. The zero-order chi connectivity index (χ0) is 11.8. The first-order chi connectivity index (χ1) is 7.75. The van der Waals surface area contributed by atoms with Crippen LogP contribution in [0.15, 0.2) is 24.3 Å². The van der Waals surface area contributed by atoms with Gasteiger partial charge in [0.15, 0.2) is 0 Å². The first-order valence-electron chi connectivity index (χ1n) is 6.14. The van der Waals surface area contributed by atoms with Gasteiger partial charge in [-0.05, 0) is 30.2 Å². The Morgan fingerprint density at radius 2 is 2.00 bits per heavy atom. The highest BCUT2D eigenvalue weighted by Gasteiger charge is 2.07. The predicted molar refractivity (Wildman–Crippen MR) is 75.0 cm³/mol. The molecule has 0 saturated heterocycles. The third-order valence-corrected chi connectivity index (χ3v) is 3.95. The molecule has 0 aliphatic rings. The van der Waals surface area contributed by atoms with E-state index in [1.807, 2.05) is 11.8 Å². The minimum Gasteiger partial charge on any atom is -0.323 e. The van der Waals surface area contributed by atoms with Crippen LogP contribution in [0.2, 0.25) is 0 Å². The maximum absolute atomic E-state index is 6.19. The molecule has 1 nitrogen and oxygen atoms in total. The second-order valence-corrected chi connectivity index (χ2v) is 5.39. The van der Waals surface area contributed by atoms with Crippen molar-refractivity contribution < 1.29 is 0 Å². The second kappa shape index (κ2) is 7.75. The molecule has 0 aromatic heterocycles. The molecule has 2 N–H and O–H groups in total. The van der Waals surface area contributed by atoms with Gasteiger partial charge in [-0.2, -0.15) is 11.8 Å². The average molecular weight is 237 g/mol. The van der Waals surface area contributed by atoms with E-state index in [1.165, 1.54) is 36.1 Å². The van der Waals surface area contributed by atoms with E-state index in [0.717, 1.165) is 5.75 Å². The molecule has 1 rings (SSSR count). The number of unbranched alkanes of at least 4 members (excludes halogenated alkanes) is 2. The molecule has 0 aliphatic heterocycles. The third kappa shape index (κ3) is 4.58. The van der Waals surface area contributed by atoms with Gasteiger partial charge < -0.3 is 5.73 Å². The van der Waals surface area contributed by atoms with Gasteiger partial charge in [-0.25, -0.2) is 0 Å². The summed E-state index contributed by atoms with van der Waals surface area (Å²) in [5.74, 6) is 2.28. The number of aryl methyl sites for hydroxylation is 1. The molecule has 0 saturated carbocycles. The lowest BCUT2D eigenvalue weighted by molar-refractivity contribution is 0.774. The molecule has 0 fully saturated rings. The van der Waals surface area contributed by atoms with Gasteiger partial charge in [-0.3, -0.25) is 0 Å². The van der Waals surface area contributed by atoms with Crippen LogP contribution >= 0.6 is 11.8 Å². The summed E-state index contributed by atoms with van der Waals surface area (Å²) < 4.78 is 0. The summed E-state index contributed by atoms with van der Waals surface area (Å²) in [5.41, 5.74) is 8.80. The molecule has 1 aromatic rings. The third-order valence-electron chi connectivity index (χ3n) is 2.78.